The topological polar surface area (TPSA) is 97.8 Å². The number of aromatic nitrogens is 4. The van der Waals surface area contributed by atoms with Gasteiger partial charge in [0, 0.05) is 94.3 Å². The van der Waals surface area contributed by atoms with Gasteiger partial charge in [-0.1, -0.05) is 21.2 Å². The largest absolute Gasteiger partial charge is 0.494 e. The molecule has 3 fully saturated rings. The van der Waals surface area contributed by atoms with Gasteiger partial charge in [-0.05, 0) is 68.8 Å². The molecule has 4 aromatic rings. The molecule has 2 N–H and O–H groups in total. The summed E-state index contributed by atoms with van der Waals surface area (Å²) in [5.74, 6) is 2.75. The van der Waals surface area contributed by atoms with Crippen molar-refractivity contribution in [1.82, 2.24) is 29.7 Å². The van der Waals surface area contributed by atoms with Crippen LogP contribution in [0.5, 0.6) is 5.75 Å². The van der Waals surface area contributed by atoms with Crippen molar-refractivity contribution in [2.24, 2.45) is 5.92 Å². The second-order valence-electron chi connectivity index (χ2n) is 13.2. The van der Waals surface area contributed by atoms with Gasteiger partial charge in [0.25, 0.3) is 0 Å². The molecule has 0 bridgehead atoms. The Balaban J connectivity index is 1.13. The quantitative estimate of drug-likeness (QED) is 0.158. The molecule has 1 atom stereocenters. The lowest BCUT2D eigenvalue weighted by molar-refractivity contribution is 0.0982. The Labute approximate surface area is 290 Å². The van der Waals surface area contributed by atoms with Crippen LogP contribution < -0.4 is 29.9 Å². The van der Waals surface area contributed by atoms with Crippen LogP contribution in [0, 0.1) is 5.92 Å². The molecule has 2 aromatic carbocycles. The Morgan fingerprint density at radius 3 is 2.46 bits per heavy atom. The number of methoxy groups -OCH3 is 1. The Bertz CT molecular complexity index is 1740. The summed E-state index contributed by atoms with van der Waals surface area (Å²) >= 11 is 1.61. The van der Waals surface area contributed by atoms with Gasteiger partial charge in [0.15, 0.2) is 0 Å². The lowest BCUT2D eigenvalue weighted by Crippen LogP contribution is -2.52. The highest BCUT2D eigenvalue weighted by atomic mass is 32.2. The van der Waals surface area contributed by atoms with Crippen molar-refractivity contribution in [1.29, 1.82) is 0 Å². The third-order valence-electron chi connectivity index (χ3n) is 9.98. The van der Waals surface area contributed by atoms with E-state index in [0.29, 0.717) is 17.8 Å². The van der Waals surface area contributed by atoms with E-state index in [1.807, 2.05) is 31.6 Å². The van der Waals surface area contributed by atoms with Crippen molar-refractivity contribution in [2.75, 3.05) is 86.6 Å². The van der Waals surface area contributed by atoms with E-state index in [1.54, 1.807) is 31.5 Å². The van der Waals surface area contributed by atoms with E-state index in [-0.39, 0.29) is 0 Å². The molecule has 7 rings (SSSR count). The predicted molar refractivity (Wildman–Crippen MR) is 203 cm³/mol. The minimum Gasteiger partial charge on any atom is -0.494 e. The van der Waals surface area contributed by atoms with Crippen molar-refractivity contribution in [3.8, 4) is 5.75 Å². The van der Waals surface area contributed by atoms with Gasteiger partial charge in [-0.15, -0.1) is 0 Å². The summed E-state index contributed by atoms with van der Waals surface area (Å²) in [7, 11) is 8.75. The minimum absolute atomic E-state index is 0.500. The fourth-order valence-electron chi connectivity index (χ4n) is 6.96. The minimum atomic E-state index is 0.500. The lowest BCUT2D eigenvalue weighted by Gasteiger charge is -2.43. The van der Waals surface area contributed by atoms with E-state index in [1.165, 1.54) is 63.1 Å². The van der Waals surface area contributed by atoms with E-state index in [2.05, 4.69) is 73.0 Å². The lowest BCUT2D eigenvalue weighted by atomic mass is 9.98. The summed E-state index contributed by atoms with van der Waals surface area (Å²) in [6.45, 7) is 6.87. The predicted octanol–water partition coefficient (Wildman–Crippen LogP) is 5.30. The standard InChI is InChI=1S/C35H47N10OPS/c1-42-15-17-44(18-16-42)25-9-13-45(14-10-25)29-21-30(46-3)28(20-24(29)19-23-5-6-23)40-35-38-22-31(47)34(41-35)39-27-8-7-26-32(37-12-11-36-26)33(27)43(2)48-4/h7-8,11-12,20-23,25H,5-6,9-10,13-19,47H2,1-4H3,(H2,38,39,40,41). The van der Waals surface area contributed by atoms with Crippen LogP contribution in [0.1, 0.15) is 31.2 Å². The summed E-state index contributed by atoms with van der Waals surface area (Å²) in [4.78, 5) is 26.5. The smallest absolute Gasteiger partial charge is 0.229 e. The molecule has 4 heterocycles. The summed E-state index contributed by atoms with van der Waals surface area (Å²) in [6.07, 6.45) is 13.4. The molecule has 2 aliphatic heterocycles. The number of ether oxygens (including phenoxy) is 1. The maximum Gasteiger partial charge on any atom is 0.229 e. The molecule has 48 heavy (non-hydrogen) atoms. The van der Waals surface area contributed by atoms with Crippen LogP contribution >= 0.6 is 21.2 Å². The Kier molecular flexibility index (Phi) is 10.0. The van der Waals surface area contributed by atoms with Crippen molar-refractivity contribution in [2.45, 2.75) is 38.1 Å². The van der Waals surface area contributed by atoms with Crippen LogP contribution in [0.3, 0.4) is 0 Å². The molecular formula is C35H47N10OPS. The van der Waals surface area contributed by atoms with Crippen LogP contribution in [-0.2, 0) is 6.42 Å². The molecule has 0 amide bonds. The van der Waals surface area contributed by atoms with Gasteiger partial charge in [0.05, 0.1) is 29.7 Å². The molecular weight excluding hydrogens is 639 g/mol. The zero-order valence-electron chi connectivity index (χ0n) is 28.4. The normalized spacial score (nSPS) is 17.9. The van der Waals surface area contributed by atoms with Crippen LogP contribution in [0.2, 0.25) is 0 Å². The van der Waals surface area contributed by atoms with Crippen molar-refractivity contribution >= 4 is 72.0 Å². The molecule has 2 aromatic heterocycles. The van der Waals surface area contributed by atoms with Gasteiger partial charge in [-0.3, -0.25) is 14.9 Å². The highest BCUT2D eigenvalue weighted by Crippen LogP contribution is 2.42. The summed E-state index contributed by atoms with van der Waals surface area (Å²) < 4.78 is 8.09. The molecule has 2 saturated heterocycles. The second kappa shape index (κ2) is 14.6. The van der Waals surface area contributed by atoms with E-state index in [0.717, 1.165) is 64.6 Å². The number of nitrogens with one attached hydrogen (secondary N) is 2. The molecule has 13 heteroatoms. The Morgan fingerprint density at radius 2 is 1.73 bits per heavy atom. The van der Waals surface area contributed by atoms with Gasteiger partial charge in [0.1, 0.15) is 17.1 Å². The summed E-state index contributed by atoms with van der Waals surface area (Å²) in [5.41, 5.74) is 7.07. The fourth-order valence-corrected chi connectivity index (χ4v) is 7.54. The highest BCUT2D eigenvalue weighted by Gasteiger charge is 2.30. The van der Waals surface area contributed by atoms with E-state index < -0.39 is 0 Å². The van der Waals surface area contributed by atoms with Crippen molar-refractivity contribution < 1.29 is 4.74 Å². The number of hydrogen-bond donors (Lipinski definition) is 2. The third kappa shape index (κ3) is 7.27. The fraction of sp³-hybridized carbons (Fsp3) is 0.486. The third-order valence-corrected chi connectivity index (χ3v) is 11.1. The van der Waals surface area contributed by atoms with E-state index >= 15 is 0 Å². The number of benzene rings is 2. The summed E-state index contributed by atoms with van der Waals surface area (Å²) in [5, 5.41) is 7.92. The number of hydrogen-bond acceptors (Lipinski definition) is 12. The van der Waals surface area contributed by atoms with Gasteiger partial charge >= 0.3 is 0 Å². The van der Waals surface area contributed by atoms with Gasteiger partial charge in [-0.25, -0.2) is 4.98 Å². The molecule has 1 unspecified atom stereocenters. The first-order chi connectivity index (χ1) is 23.4. The van der Waals surface area contributed by atoms with Crippen LogP contribution in [0.4, 0.5) is 34.5 Å². The molecule has 0 spiro atoms. The maximum absolute atomic E-state index is 6.00. The van der Waals surface area contributed by atoms with Crippen molar-refractivity contribution in [3.63, 3.8) is 0 Å². The van der Waals surface area contributed by atoms with E-state index in [4.69, 9.17) is 9.72 Å². The number of nitrogens with zero attached hydrogens (tertiary/aromatic N) is 8. The number of piperidine rings is 1. The average molecular weight is 687 g/mol. The molecule has 11 nitrogen and oxygen atoms in total. The number of fused-ring (bicyclic) bond motifs is 1. The van der Waals surface area contributed by atoms with E-state index in [9.17, 15) is 0 Å². The van der Waals surface area contributed by atoms with Crippen LogP contribution in [0.15, 0.2) is 42.9 Å². The van der Waals surface area contributed by atoms with Gasteiger partial charge in [-0.2, -0.15) is 4.98 Å². The second-order valence-corrected chi connectivity index (χ2v) is 14.7. The first-order valence-corrected chi connectivity index (χ1v) is 18.7. The van der Waals surface area contributed by atoms with Crippen LogP contribution in [0.25, 0.3) is 11.0 Å². The highest BCUT2D eigenvalue weighted by molar-refractivity contribution is 7.99. The molecule has 0 radical (unpaired) electrons. The Hall–Kier alpha value is -3.44. The molecule has 1 saturated carbocycles. The first kappa shape index (κ1) is 33.1. The summed E-state index contributed by atoms with van der Waals surface area (Å²) in [6, 6.07) is 9.20. The average Bonchev–Trinajstić information content (AvgIpc) is 3.94. The maximum atomic E-state index is 6.00. The molecule has 3 aliphatic rings. The number of rotatable bonds is 11. The zero-order chi connectivity index (χ0) is 33.2. The van der Waals surface area contributed by atoms with Crippen LogP contribution in [-0.4, -0.2) is 103 Å². The number of piperazine rings is 1. The van der Waals surface area contributed by atoms with Gasteiger partial charge < -0.3 is 29.5 Å². The Morgan fingerprint density at radius 1 is 0.958 bits per heavy atom. The zero-order valence-corrected chi connectivity index (χ0v) is 30.4. The van der Waals surface area contributed by atoms with Gasteiger partial charge in [0.2, 0.25) is 5.95 Å². The molecule has 254 valence electrons. The number of likely N-dealkylation sites (N-methyl/N-ethyl adjacent to an activating group) is 1. The SMILES string of the molecule is COc1cc(N2CCC(N3CCN(C)CC3)CC2)c(CC2CC2)cc1Nc1ncc(P)c(Nc2ccc3nccnc3c2N(C)SC)n1. The number of anilines is 6. The molecule has 1 aliphatic carbocycles. The monoisotopic (exact) mass is 686 g/mol. The van der Waals surface area contributed by atoms with Crippen molar-refractivity contribution in [3.05, 3.63) is 48.4 Å². The first-order valence-electron chi connectivity index (χ1n) is 17.0.